The van der Waals surface area contributed by atoms with E-state index in [1.807, 2.05) is 0 Å². The maximum atomic E-state index is 12.1. The molecule has 0 aliphatic carbocycles. The van der Waals surface area contributed by atoms with Gasteiger partial charge >= 0.3 is 6.18 Å². The van der Waals surface area contributed by atoms with Gasteiger partial charge in [0.1, 0.15) is 12.4 Å². The van der Waals surface area contributed by atoms with Gasteiger partial charge in [0.25, 0.3) is 0 Å². The average Bonchev–Trinajstić information content (AvgIpc) is 2.15. The molecule has 1 aromatic heterocycles. The zero-order valence-electron chi connectivity index (χ0n) is 8.99. The standard InChI is InChI=1S/C10H13F3N2O/c1-7(16)8-3-4-9(14-5-8)15(2)6-10(11,12)13/h3-5,7,16H,6H2,1-2H3. The van der Waals surface area contributed by atoms with Crippen molar-refractivity contribution >= 4 is 5.82 Å². The fraction of sp³-hybridized carbons (Fsp3) is 0.500. The van der Waals surface area contributed by atoms with Gasteiger partial charge in [0.15, 0.2) is 0 Å². The van der Waals surface area contributed by atoms with Gasteiger partial charge in [-0.1, -0.05) is 6.07 Å². The molecule has 1 N–H and O–H groups in total. The molecule has 0 amide bonds. The average molecular weight is 234 g/mol. The molecular formula is C10H13F3N2O. The van der Waals surface area contributed by atoms with Crippen molar-refractivity contribution in [2.75, 3.05) is 18.5 Å². The van der Waals surface area contributed by atoms with E-state index in [1.54, 1.807) is 13.0 Å². The monoisotopic (exact) mass is 234 g/mol. The van der Waals surface area contributed by atoms with Gasteiger partial charge in [-0.2, -0.15) is 13.2 Å². The van der Waals surface area contributed by atoms with Gasteiger partial charge in [0.05, 0.1) is 6.10 Å². The van der Waals surface area contributed by atoms with Crippen LogP contribution in [0.5, 0.6) is 0 Å². The minimum Gasteiger partial charge on any atom is -0.389 e. The van der Waals surface area contributed by atoms with E-state index in [2.05, 4.69) is 4.98 Å². The van der Waals surface area contributed by atoms with E-state index >= 15 is 0 Å². The van der Waals surface area contributed by atoms with Crippen molar-refractivity contribution in [2.45, 2.75) is 19.2 Å². The summed E-state index contributed by atoms with van der Waals surface area (Å²) in [7, 11) is 1.32. The molecule has 0 bridgehead atoms. The molecule has 1 heterocycles. The van der Waals surface area contributed by atoms with E-state index in [0.717, 1.165) is 4.90 Å². The van der Waals surface area contributed by atoms with Crippen LogP contribution in [0.15, 0.2) is 18.3 Å². The van der Waals surface area contributed by atoms with Crippen LogP contribution in [-0.4, -0.2) is 29.9 Å². The quantitative estimate of drug-likeness (QED) is 0.870. The minimum atomic E-state index is -4.25. The lowest BCUT2D eigenvalue weighted by Gasteiger charge is -2.20. The summed E-state index contributed by atoms with van der Waals surface area (Å²) in [5.74, 6) is 0.224. The van der Waals surface area contributed by atoms with Crippen molar-refractivity contribution in [1.82, 2.24) is 4.98 Å². The van der Waals surface area contributed by atoms with Crippen LogP contribution in [0.1, 0.15) is 18.6 Å². The van der Waals surface area contributed by atoms with Crippen molar-refractivity contribution in [3.63, 3.8) is 0 Å². The van der Waals surface area contributed by atoms with Gasteiger partial charge < -0.3 is 10.0 Å². The molecule has 1 aromatic rings. The second-order valence-corrected chi connectivity index (χ2v) is 3.60. The molecule has 0 saturated carbocycles. The Morgan fingerprint density at radius 1 is 1.44 bits per heavy atom. The highest BCUT2D eigenvalue weighted by Crippen LogP contribution is 2.20. The van der Waals surface area contributed by atoms with E-state index in [0.29, 0.717) is 5.56 Å². The molecule has 3 nitrogen and oxygen atoms in total. The van der Waals surface area contributed by atoms with E-state index in [1.165, 1.54) is 19.3 Å². The molecule has 0 saturated heterocycles. The van der Waals surface area contributed by atoms with Gasteiger partial charge in [-0.25, -0.2) is 4.98 Å². The number of rotatable bonds is 3. The summed E-state index contributed by atoms with van der Waals surface area (Å²) < 4.78 is 36.3. The Labute approximate surface area is 91.5 Å². The van der Waals surface area contributed by atoms with Gasteiger partial charge in [0, 0.05) is 13.2 Å². The van der Waals surface area contributed by atoms with Crippen LogP contribution >= 0.6 is 0 Å². The molecule has 6 heteroatoms. The fourth-order valence-electron chi connectivity index (χ4n) is 1.22. The summed E-state index contributed by atoms with van der Waals surface area (Å²) in [4.78, 5) is 4.86. The Kier molecular flexibility index (Phi) is 3.74. The lowest BCUT2D eigenvalue weighted by atomic mass is 10.2. The predicted molar refractivity (Wildman–Crippen MR) is 54.2 cm³/mol. The van der Waals surface area contributed by atoms with Crippen LogP contribution in [0.4, 0.5) is 19.0 Å². The van der Waals surface area contributed by atoms with E-state index in [-0.39, 0.29) is 5.82 Å². The molecule has 0 aliphatic rings. The molecule has 0 radical (unpaired) electrons. The summed E-state index contributed by atoms with van der Waals surface area (Å²) in [5.41, 5.74) is 0.573. The third-order valence-corrected chi connectivity index (χ3v) is 2.06. The first-order chi connectivity index (χ1) is 7.29. The SMILES string of the molecule is CC(O)c1ccc(N(C)CC(F)(F)F)nc1. The molecular weight excluding hydrogens is 221 g/mol. The first-order valence-electron chi connectivity index (χ1n) is 4.71. The van der Waals surface area contributed by atoms with Crippen molar-refractivity contribution in [3.05, 3.63) is 23.9 Å². The van der Waals surface area contributed by atoms with Crippen LogP contribution in [0, 0.1) is 0 Å². The Morgan fingerprint density at radius 3 is 2.44 bits per heavy atom. The number of hydrogen-bond acceptors (Lipinski definition) is 3. The zero-order valence-corrected chi connectivity index (χ0v) is 8.99. The molecule has 16 heavy (non-hydrogen) atoms. The highest BCUT2D eigenvalue weighted by atomic mass is 19.4. The molecule has 1 unspecified atom stereocenters. The summed E-state index contributed by atoms with van der Waals surface area (Å²) >= 11 is 0. The molecule has 1 rings (SSSR count). The van der Waals surface area contributed by atoms with Crippen LogP contribution in [0.2, 0.25) is 0 Å². The first-order valence-corrected chi connectivity index (χ1v) is 4.71. The van der Waals surface area contributed by atoms with Crippen LogP contribution in [0.25, 0.3) is 0 Å². The van der Waals surface area contributed by atoms with Gasteiger partial charge in [0.2, 0.25) is 0 Å². The van der Waals surface area contributed by atoms with Crippen molar-refractivity contribution in [2.24, 2.45) is 0 Å². The number of halogens is 3. The summed E-state index contributed by atoms with van der Waals surface area (Å²) in [5, 5.41) is 9.21. The summed E-state index contributed by atoms with van der Waals surface area (Å²) in [6.45, 7) is 0.518. The number of aromatic nitrogens is 1. The maximum Gasteiger partial charge on any atom is 0.405 e. The molecule has 0 fully saturated rings. The third-order valence-electron chi connectivity index (χ3n) is 2.06. The Balaban J connectivity index is 2.74. The van der Waals surface area contributed by atoms with Crippen molar-refractivity contribution in [3.8, 4) is 0 Å². The van der Waals surface area contributed by atoms with Gasteiger partial charge in [-0.05, 0) is 18.6 Å². The molecule has 0 aliphatic heterocycles. The second kappa shape index (κ2) is 4.69. The lowest BCUT2D eigenvalue weighted by molar-refractivity contribution is -0.119. The Morgan fingerprint density at radius 2 is 2.06 bits per heavy atom. The summed E-state index contributed by atoms with van der Waals surface area (Å²) in [6.07, 6.45) is -3.55. The molecule has 1 atom stereocenters. The minimum absolute atomic E-state index is 0.224. The fourth-order valence-corrected chi connectivity index (χ4v) is 1.22. The number of aliphatic hydroxyl groups excluding tert-OH is 1. The van der Waals surface area contributed by atoms with E-state index in [4.69, 9.17) is 0 Å². The molecule has 90 valence electrons. The van der Waals surface area contributed by atoms with Gasteiger partial charge in [-0.15, -0.1) is 0 Å². The highest BCUT2D eigenvalue weighted by Gasteiger charge is 2.29. The topological polar surface area (TPSA) is 36.4 Å². The molecule has 0 spiro atoms. The Hall–Kier alpha value is -1.30. The number of hydrogen-bond donors (Lipinski definition) is 1. The largest absolute Gasteiger partial charge is 0.405 e. The third kappa shape index (κ3) is 3.69. The smallest absolute Gasteiger partial charge is 0.389 e. The van der Waals surface area contributed by atoms with E-state index in [9.17, 15) is 18.3 Å². The van der Waals surface area contributed by atoms with Crippen LogP contribution in [-0.2, 0) is 0 Å². The summed E-state index contributed by atoms with van der Waals surface area (Å²) in [6, 6.07) is 3.01. The van der Waals surface area contributed by atoms with Crippen LogP contribution in [0.3, 0.4) is 0 Å². The van der Waals surface area contributed by atoms with Crippen molar-refractivity contribution in [1.29, 1.82) is 0 Å². The number of nitrogens with zero attached hydrogens (tertiary/aromatic N) is 2. The predicted octanol–water partition coefficient (Wildman–Crippen LogP) is 2.13. The lowest BCUT2D eigenvalue weighted by Crippen LogP contribution is -2.31. The first kappa shape index (κ1) is 12.8. The number of alkyl halides is 3. The van der Waals surface area contributed by atoms with E-state index < -0.39 is 18.8 Å². The zero-order chi connectivity index (χ0) is 12.3. The number of aliphatic hydroxyl groups is 1. The van der Waals surface area contributed by atoms with Crippen molar-refractivity contribution < 1.29 is 18.3 Å². The Bertz CT molecular complexity index is 335. The molecule has 0 aromatic carbocycles. The van der Waals surface area contributed by atoms with Crippen LogP contribution < -0.4 is 4.90 Å². The highest BCUT2D eigenvalue weighted by molar-refractivity contribution is 5.38. The normalized spacial score (nSPS) is 13.6. The number of pyridine rings is 1. The maximum absolute atomic E-state index is 12.1. The van der Waals surface area contributed by atoms with Gasteiger partial charge in [-0.3, -0.25) is 0 Å². The number of anilines is 1. The second-order valence-electron chi connectivity index (χ2n) is 3.60.